The molecule has 0 radical (unpaired) electrons. The van der Waals surface area contributed by atoms with E-state index in [2.05, 4.69) is 49.4 Å². The summed E-state index contributed by atoms with van der Waals surface area (Å²) >= 11 is 0. The van der Waals surface area contributed by atoms with E-state index in [-0.39, 0.29) is 6.04 Å². The molecule has 1 rings (SSSR count). The summed E-state index contributed by atoms with van der Waals surface area (Å²) in [5.74, 6) is 2.78. The Kier molecular flexibility index (Phi) is 5.67. The molecule has 1 aromatic rings. The Balaban J connectivity index is 2.44. The molecule has 1 nitrogen and oxygen atoms in total. The Morgan fingerprint density at radius 2 is 1.81 bits per heavy atom. The first-order valence-corrected chi connectivity index (χ1v) is 6.07. The van der Waals surface area contributed by atoms with Gasteiger partial charge in [-0.15, -0.1) is 6.42 Å². The van der Waals surface area contributed by atoms with Gasteiger partial charge in [-0.25, -0.2) is 0 Å². The van der Waals surface area contributed by atoms with Gasteiger partial charge in [0.15, 0.2) is 0 Å². The molecule has 0 saturated heterocycles. The van der Waals surface area contributed by atoms with Crippen molar-refractivity contribution in [2.45, 2.75) is 45.7 Å². The fraction of sp³-hybridized carbons (Fsp3) is 0.467. The van der Waals surface area contributed by atoms with Crippen LogP contribution in [0.25, 0.3) is 0 Å². The lowest BCUT2D eigenvalue weighted by Crippen LogP contribution is -2.26. The van der Waals surface area contributed by atoms with Gasteiger partial charge < -0.3 is 0 Å². The highest BCUT2D eigenvalue weighted by atomic mass is 14.9. The molecule has 0 heterocycles. The van der Waals surface area contributed by atoms with E-state index < -0.39 is 0 Å². The Hall–Kier alpha value is -1.26. The van der Waals surface area contributed by atoms with Crippen molar-refractivity contribution in [3.05, 3.63) is 35.4 Å². The molecule has 0 spiro atoms. The lowest BCUT2D eigenvalue weighted by molar-refractivity contribution is 0.563. The van der Waals surface area contributed by atoms with E-state index in [0.717, 1.165) is 25.8 Å². The van der Waals surface area contributed by atoms with Crippen LogP contribution in [0.4, 0.5) is 0 Å². The van der Waals surface area contributed by atoms with Crippen LogP contribution < -0.4 is 5.32 Å². The summed E-state index contributed by atoms with van der Waals surface area (Å²) in [6.45, 7) is 5.18. The zero-order chi connectivity index (χ0) is 11.8. The maximum absolute atomic E-state index is 5.46. The van der Waals surface area contributed by atoms with Crippen LogP contribution >= 0.6 is 0 Å². The Morgan fingerprint density at radius 3 is 2.31 bits per heavy atom. The number of hydrogen-bond donors (Lipinski definition) is 1. The van der Waals surface area contributed by atoms with Crippen molar-refractivity contribution in [3.8, 4) is 12.3 Å². The van der Waals surface area contributed by atoms with E-state index in [1.807, 2.05) is 0 Å². The lowest BCUT2D eigenvalue weighted by Gasteiger charge is -2.12. The molecule has 0 fully saturated rings. The van der Waals surface area contributed by atoms with Crippen LogP contribution in [0.3, 0.4) is 0 Å². The molecule has 16 heavy (non-hydrogen) atoms. The average molecular weight is 215 g/mol. The number of benzene rings is 1. The van der Waals surface area contributed by atoms with E-state index in [1.165, 1.54) is 11.1 Å². The van der Waals surface area contributed by atoms with Gasteiger partial charge in [-0.3, -0.25) is 5.32 Å². The molecule has 1 aromatic carbocycles. The molecule has 0 aliphatic heterocycles. The zero-order valence-electron chi connectivity index (χ0n) is 10.3. The second kappa shape index (κ2) is 7.09. The summed E-state index contributed by atoms with van der Waals surface area (Å²) in [6, 6.07) is 8.91. The highest BCUT2D eigenvalue weighted by Gasteiger charge is 2.02. The fourth-order valence-corrected chi connectivity index (χ4v) is 1.67. The minimum absolute atomic E-state index is 0.204. The van der Waals surface area contributed by atoms with Gasteiger partial charge in [0.25, 0.3) is 0 Å². The highest BCUT2D eigenvalue weighted by molar-refractivity contribution is 5.22. The van der Waals surface area contributed by atoms with Crippen molar-refractivity contribution in [3.63, 3.8) is 0 Å². The van der Waals surface area contributed by atoms with E-state index >= 15 is 0 Å². The van der Waals surface area contributed by atoms with E-state index in [1.54, 1.807) is 0 Å². The van der Waals surface area contributed by atoms with Crippen molar-refractivity contribution in [1.82, 2.24) is 5.32 Å². The standard InChI is InChI=1S/C15H21N/c1-4-7-15(6-3)16-12-14-10-8-13(5-2)9-11-14/h3,8-11,15-16H,4-5,7,12H2,1-2H3. The Labute approximate surface area is 99.3 Å². The molecule has 0 amide bonds. The number of hydrogen-bond acceptors (Lipinski definition) is 1. The van der Waals surface area contributed by atoms with Gasteiger partial charge in [-0.1, -0.05) is 50.5 Å². The summed E-state index contributed by atoms with van der Waals surface area (Å²) in [4.78, 5) is 0. The molecule has 0 aliphatic rings. The van der Waals surface area contributed by atoms with Gasteiger partial charge in [0.1, 0.15) is 0 Å². The van der Waals surface area contributed by atoms with Gasteiger partial charge in [-0.2, -0.15) is 0 Å². The number of terminal acetylenes is 1. The third-order valence-corrected chi connectivity index (χ3v) is 2.76. The molecule has 1 heteroatoms. The quantitative estimate of drug-likeness (QED) is 0.719. The van der Waals surface area contributed by atoms with Crippen LogP contribution in [0.2, 0.25) is 0 Å². The molecule has 1 unspecified atom stereocenters. The smallest absolute Gasteiger partial charge is 0.0689 e. The molecule has 0 aromatic heterocycles. The summed E-state index contributed by atoms with van der Waals surface area (Å²) in [5.41, 5.74) is 2.68. The molecule has 1 N–H and O–H groups in total. The average Bonchev–Trinajstić information content (AvgIpc) is 2.35. The van der Waals surface area contributed by atoms with Crippen molar-refractivity contribution >= 4 is 0 Å². The van der Waals surface area contributed by atoms with Crippen LogP contribution in [-0.4, -0.2) is 6.04 Å². The van der Waals surface area contributed by atoms with Crippen LogP contribution in [0, 0.1) is 12.3 Å². The van der Waals surface area contributed by atoms with E-state index in [0.29, 0.717) is 0 Å². The first-order valence-electron chi connectivity index (χ1n) is 6.07. The predicted octanol–water partition coefficient (Wildman–Crippen LogP) is 3.14. The first kappa shape index (κ1) is 12.8. The van der Waals surface area contributed by atoms with E-state index in [4.69, 9.17) is 6.42 Å². The predicted molar refractivity (Wildman–Crippen MR) is 70.2 cm³/mol. The second-order valence-electron chi connectivity index (χ2n) is 4.06. The van der Waals surface area contributed by atoms with Crippen LogP contribution in [-0.2, 0) is 13.0 Å². The molecular weight excluding hydrogens is 194 g/mol. The summed E-state index contributed by atoms with van der Waals surface area (Å²) < 4.78 is 0. The van der Waals surface area contributed by atoms with Gasteiger partial charge in [0.2, 0.25) is 0 Å². The lowest BCUT2D eigenvalue weighted by atomic mass is 10.1. The number of nitrogens with one attached hydrogen (secondary N) is 1. The summed E-state index contributed by atoms with van der Waals surface area (Å²) in [7, 11) is 0. The van der Waals surface area contributed by atoms with Crippen molar-refractivity contribution in [2.24, 2.45) is 0 Å². The molecule has 86 valence electrons. The molecule has 0 aliphatic carbocycles. The van der Waals surface area contributed by atoms with Gasteiger partial charge >= 0.3 is 0 Å². The van der Waals surface area contributed by atoms with Crippen molar-refractivity contribution in [2.75, 3.05) is 0 Å². The van der Waals surface area contributed by atoms with Crippen LogP contribution in [0.5, 0.6) is 0 Å². The topological polar surface area (TPSA) is 12.0 Å². The highest BCUT2D eigenvalue weighted by Crippen LogP contribution is 2.05. The Bertz CT molecular complexity index is 331. The minimum Gasteiger partial charge on any atom is -0.300 e. The second-order valence-corrected chi connectivity index (χ2v) is 4.06. The summed E-state index contributed by atoms with van der Waals surface area (Å²) in [5, 5.41) is 3.39. The molecule has 1 atom stereocenters. The van der Waals surface area contributed by atoms with Crippen molar-refractivity contribution < 1.29 is 0 Å². The fourth-order valence-electron chi connectivity index (χ4n) is 1.67. The third kappa shape index (κ3) is 4.08. The SMILES string of the molecule is C#CC(CCC)NCc1ccc(CC)cc1. The molecule has 0 bridgehead atoms. The van der Waals surface area contributed by atoms with E-state index in [9.17, 15) is 0 Å². The largest absolute Gasteiger partial charge is 0.300 e. The minimum atomic E-state index is 0.204. The van der Waals surface area contributed by atoms with Crippen molar-refractivity contribution in [1.29, 1.82) is 0 Å². The maximum Gasteiger partial charge on any atom is 0.0689 e. The normalized spacial score (nSPS) is 12.1. The van der Waals surface area contributed by atoms with Crippen LogP contribution in [0.1, 0.15) is 37.8 Å². The maximum atomic E-state index is 5.46. The molecular formula is C15H21N. The molecule has 0 saturated carbocycles. The van der Waals surface area contributed by atoms with Gasteiger partial charge in [-0.05, 0) is 24.0 Å². The first-order chi connectivity index (χ1) is 7.80. The number of aryl methyl sites for hydroxylation is 1. The monoisotopic (exact) mass is 215 g/mol. The van der Waals surface area contributed by atoms with Gasteiger partial charge in [0, 0.05) is 6.54 Å². The van der Waals surface area contributed by atoms with Gasteiger partial charge in [0.05, 0.1) is 6.04 Å². The Morgan fingerprint density at radius 1 is 1.19 bits per heavy atom. The van der Waals surface area contributed by atoms with Crippen LogP contribution in [0.15, 0.2) is 24.3 Å². The number of rotatable bonds is 6. The summed E-state index contributed by atoms with van der Waals surface area (Å²) in [6.07, 6.45) is 8.72. The third-order valence-electron chi connectivity index (χ3n) is 2.76. The zero-order valence-corrected chi connectivity index (χ0v) is 10.3.